The molecule has 1 aromatic rings. The van der Waals surface area contributed by atoms with E-state index in [4.69, 9.17) is 5.11 Å². The molecule has 0 aliphatic carbocycles. The summed E-state index contributed by atoms with van der Waals surface area (Å²) in [6.07, 6.45) is 0. The van der Waals surface area contributed by atoms with Crippen molar-refractivity contribution in [2.45, 2.75) is 18.7 Å². The summed E-state index contributed by atoms with van der Waals surface area (Å²) in [6.45, 7) is 3.38. The molecule has 0 saturated heterocycles. The van der Waals surface area contributed by atoms with Crippen molar-refractivity contribution in [2.75, 3.05) is 6.61 Å². The third-order valence-electron chi connectivity index (χ3n) is 2.04. The van der Waals surface area contributed by atoms with Crippen LogP contribution in [0.5, 0.6) is 0 Å². The van der Waals surface area contributed by atoms with Gasteiger partial charge in [-0.1, -0.05) is 11.0 Å². The number of aryl methyl sites for hydroxylation is 1. The molecule has 0 aromatic heterocycles. The van der Waals surface area contributed by atoms with E-state index >= 15 is 0 Å². The first-order valence-electron chi connectivity index (χ1n) is 4.86. The number of rotatable bonds is 5. The fourth-order valence-electron chi connectivity index (χ4n) is 1.20. The Bertz CT molecular complexity index is 523. The Kier molecular flexibility index (Phi) is 4.22. The van der Waals surface area contributed by atoms with Gasteiger partial charge in [0.2, 0.25) is 0 Å². The Hall–Kier alpha value is -1.44. The van der Waals surface area contributed by atoms with Gasteiger partial charge in [-0.05, 0) is 31.5 Å². The zero-order chi connectivity index (χ0) is 13.1. The largest absolute Gasteiger partial charge is 0.478 e. The van der Waals surface area contributed by atoms with Crippen LogP contribution >= 0.6 is 0 Å². The lowest BCUT2D eigenvalue weighted by Crippen LogP contribution is -2.25. The van der Waals surface area contributed by atoms with Gasteiger partial charge in [-0.2, -0.15) is 0 Å². The standard InChI is InChI=1S/C10H13NO5S/c1-3-16-11-17(14,15)9-6-8(10(12)13)5-4-7(9)2/h4-6,11H,3H2,1-2H3,(H,12,13). The number of nitrogens with one attached hydrogen (secondary N) is 1. The van der Waals surface area contributed by atoms with Crippen molar-refractivity contribution >= 4 is 16.0 Å². The van der Waals surface area contributed by atoms with Crippen LogP contribution in [-0.4, -0.2) is 26.1 Å². The Morgan fingerprint density at radius 1 is 1.47 bits per heavy atom. The first kappa shape index (κ1) is 13.6. The van der Waals surface area contributed by atoms with Gasteiger partial charge in [-0.3, -0.25) is 4.84 Å². The van der Waals surface area contributed by atoms with Crippen molar-refractivity contribution < 1.29 is 23.2 Å². The molecule has 94 valence electrons. The second-order valence-corrected chi connectivity index (χ2v) is 4.92. The number of aromatic carboxylic acids is 1. The van der Waals surface area contributed by atoms with Crippen molar-refractivity contribution in [3.63, 3.8) is 0 Å². The van der Waals surface area contributed by atoms with E-state index in [1.54, 1.807) is 13.8 Å². The lowest BCUT2D eigenvalue weighted by molar-refractivity contribution is 0.0696. The van der Waals surface area contributed by atoms with Crippen molar-refractivity contribution in [2.24, 2.45) is 0 Å². The van der Waals surface area contributed by atoms with Crippen LogP contribution in [-0.2, 0) is 14.9 Å². The van der Waals surface area contributed by atoms with Gasteiger partial charge in [0, 0.05) is 0 Å². The molecule has 0 bridgehead atoms. The van der Waals surface area contributed by atoms with E-state index < -0.39 is 16.0 Å². The molecule has 0 saturated carbocycles. The number of carbonyl (C=O) groups is 1. The number of hydrogen-bond donors (Lipinski definition) is 2. The highest BCUT2D eigenvalue weighted by Gasteiger charge is 2.18. The van der Waals surface area contributed by atoms with E-state index in [9.17, 15) is 13.2 Å². The summed E-state index contributed by atoms with van der Waals surface area (Å²) < 4.78 is 23.5. The summed E-state index contributed by atoms with van der Waals surface area (Å²) in [5.41, 5.74) is 0.356. The zero-order valence-corrected chi connectivity index (χ0v) is 10.2. The Morgan fingerprint density at radius 3 is 2.65 bits per heavy atom. The summed E-state index contributed by atoms with van der Waals surface area (Å²) in [5, 5.41) is 8.80. The molecule has 0 heterocycles. The third-order valence-corrected chi connectivity index (χ3v) is 3.39. The van der Waals surface area contributed by atoms with Crippen LogP contribution < -0.4 is 4.89 Å². The van der Waals surface area contributed by atoms with Gasteiger partial charge in [0.05, 0.1) is 17.1 Å². The maximum atomic E-state index is 11.8. The number of sulfonamides is 1. The molecule has 7 heteroatoms. The molecule has 17 heavy (non-hydrogen) atoms. The second-order valence-electron chi connectivity index (χ2n) is 3.31. The van der Waals surface area contributed by atoms with Gasteiger partial charge < -0.3 is 5.11 Å². The average molecular weight is 259 g/mol. The van der Waals surface area contributed by atoms with Crippen molar-refractivity contribution in [1.29, 1.82) is 0 Å². The average Bonchev–Trinajstić information content (AvgIpc) is 2.26. The molecule has 2 N–H and O–H groups in total. The first-order chi connectivity index (χ1) is 7.88. The van der Waals surface area contributed by atoms with Crippen LogP contribution in [0.15, 0.2) is 23.1 Å². The molecule has 0 aliphatic heterocycles. The van der Waals surface area contributed by atoms with E-state index in [1.807, 2.05) is 4.89 Å². The van der Waals surface area contributed by atoms with Crippen molar-refractivity contribution in [1.82, 2.24) is 4.89 Å². The maximum absolute atomic E-state index is 11.8. The van der Waals surface area contributed by atoms with E-state index in [0.29, 0.717) is 5.56 Å². The molecule has 0 atom stereocenters. The highest BCUT2D eigenvalue weighted by Crippen LogP contribution is 2.17. The first-order valence-corrected chi connectivity index (χ1v) is 6.34. The topological polar surface area (TPSA) is 92.7 Å². The SMILES string of the molecule is CCONS(=O)(=O)c1cc(C(=O)O)ccc1C. The predicted octanol–water partition coefficient (Wildman–Crippen LogP) is 0.923. The molecular weight excluding hydrogens is 246 g/mol. The molecule has 1 aromatic carbocycles. The minimum atomic E-state index is -3.84. The maximum Gasteiger partial charge on any atom is 0.335 e. The lowest BCUT2D eigenvalue weighted by atomic mass is 10.1. The lowest BCUT2D eigenvalue weighted by Gasteiger charge is -2.09. The number of carboxylic acid groups (broad SMARTS) is 1. The highest BCUT2D eigenvalue weighted by atomic mass is 32.2. The van der Waals surface area contributed by atoms with E-state index in [-0.39, 0.29) is 17.1 Å². The van der Waals surface area contributed by atoms with Crippen LogP contribution in [0.25, 0.3) is 0 Å². The third kappa shape index (κ3) is 3.26. The number of hydrogen-bond acceptors (Lipinski definition) is 4. The van der Waals surface area contributed by atoms with E-state index in [0.717, 1.165) is 6.07 Å². The molecule has 0 amide bonds. The molecule has 0 aliphatic rings. The monoisotopic (exact) mass is 259 g/mol. The fourth-order valence-corrected chi connectivity index (χ4v) is 2.34. The Labute approximate surface area is 99.2 Å². The second kappa shape index (κ2) is 5.26. The van der Waals surface area contributed by atoms with Gasteiger partial charge in [-0.15, -0.1) is 0 Å². The van der Waals surface area contributed by atoms with E-state index in [1.165, 1.54) is 12.1 Å². The highest BCUT2D eigenvalue weighted by molar-refractivity contribution is 7.89. The summed E-state index contributed by atoms with van der Waals surface area (Å²) in [7, 11) is -3.84. The molecule has 0 spiro atoms. The minimum Gasteiger partial charge on any atom is -0.478 e. The van der Waals surface area contributed by atoms with Gasteiger partial charge >= 0.3 is 5.97 Å². The molecule has 0 fully saturated rings. The van der Waals surface area contributed by atoms with Crippen LogP contribution in [0, 0.1) is 6.92 Å². The number of benzene rings is 1. The van der Waals surface area contributed by atoms with Crippen LogP contribution in [0.2, 0.25) is 0 Å². The van der Waals surface area contributed by atoms with Gasteiger partial charge in [0.25, 0.3) is 10.0 Å². The van der Waals surface area contributed by atoms with E-state index in [2.05, 4.69) is 4.84 Å². The predicted molar refractivity (Wildman–Crippen MR) is 60.1 cm³/mol. The minimum absolute atomic E-state index is 0.0903. The van der Waals surface area contributed by atoms with Crippen molar-refractivity contribution in [3.8, 4) is 0 Å². The summed E-state index contributed by atoms with van der Waals surface area (Å²) >= 11 is 0. The van der Waals surface area contributed by atoms with Crippen molar-refractivity contribution in [3.05, 3.63) is 29.3 Å². The summed E-state index contributed by atoms with van der Waals surface area (Å²) in [4.78, 5) is 17.2. The molecule has 6 nitrogen and oxygen atoms in total. The quantitative estimate of drug-likeness (QED) is 0.767. The fraction of sp³-hybridized carbons (Fsp3) is 0.300. The summed E-state index contributed by atoms with van der Waals surface area (Å²) in [6, 6.07) is 3.88. The Balaban J connectivity index is 3.20. The van der Waals surface area contributed by atoms with Gasteiger partial charge in [0.1, 0.15) is 0 Å². The van der Waals surface area contributed by atoms with Crippen LogP contribution in [0.1, 0.15) is 22.8 Å². The normalized spacial score (nSPS) is 11.4. The molecule has 0 unspecified atom stereocenters. The molecular formula is C10H13NO5S. The molecule has 0 radical (unpaired) electrons. The zero-order valence-electron chi connectivity index (χ0n) is 9.43. The van der Waals surface area contributed by atoms with Gasteiger partial charge in [-0.25, -0.2) is 13.2 Å². The molecule has 1 rings (SSSR count). The van der Waals surface area contributed by atoms with Crippen LogP contribution in [0.3, 0.4) is 0 Å². The van der Waals surface area contributed by atoms with Gasteiger partial charge in [0.15, 0.2) is 0 Å². The van der Waals surface area contributed by atoms with Crippen LogP contribution in [0.4, 0.5) is 0 Å². The number of carboxylic acids is 1. The smallest absolute Gasteiger partial charge is 0.335 e. The summed E-state index contributed by atoms with van der Waals surface area (Å²) in [5.74, 6) is -1.18. The Morgan fingerprint density at radius 2 is 2.12 bits per heavy atom.